The van der Waals surface area contributed by atoms with Gasteiger partial charge in [-0.25, -0.2) is 16.9 Å². The minimum atomic E-state index is -0.171. The maximum atomic E-state index is 11.9. The van der Waals surface area contributed by atoms with Crippen molar-refractivity contribution in [3.05, 3.63) is 11.3 Å². The normalized spacial score (nSPS) is 13.1. The van der Waals surface area contributed by atoms with E-state index in [9.17, 15) is 4.39 Å². The van der Waals surface area contributed by atoms with Crippen molar-refractivity contribution >= 4 is 19.0 Å². The Bertz CT molecular complexity index is 85.7. The molecule has 0 aromatic carbocycles. The molecular formula is C4H7BFS. The van der Waals surface area contributed by atoms with Gasteiger partial charge in [0, 0.05) is 0 Å². The van der Waals surface area contributed by atoms with Gasteiger partial charge in [-0.3, -0.25) is 0 Å². The molecule has 0 spiro atoms. The SMILES string of the molecule is C/C(F)=C(\C)[B]S. The molecule has 0 aliphatic carbocycles. The zero-order valence-electron chi connectivity index (χ0n) is 4.40. The first-order chi connectivity index (χ1) is 3.18. The topological polar surface area (TPSA) is 0 Å². The van der Waals surface area contributed by atoms with Crippen LogP contribution >= 0.6 is 12.5 Å². The molecule has 0 aliphatic heterocycles. The van der Waals surface area contributed by atoms with Gasteiger partial charge in [0.15, 0.2) is 0 Å². The summed E-state index contributed by atoms with van der Waals surface area (Å²) in [5.74, 6) is -0.171. The second kappa shape index (κ2) is 3.13. The summed E-state index contributed by atoms with van der Waals surface area (Å²) in [4.78, 5) is 0. The molecule has 39 valence electrons. The summed E-state index contributed by atoms with van der Waals surface area (Å²) in [6.45, 7) is 4.51. The Kier molecular flexibility index (Phi) is 3.17. The summed E-state index contributed by atoms with van der Waals surface area (Å²) in [5.41, 5.74) is 0.586. The van der Waals surface area contributed by atoms with Crippen LogP contribution in [0.3, 0.4) is 0 Å². The Morgan fingerprint density at radius 3 is 2.00 bits per heavy atom. The highest BCUT2D eigenvalue weighted by molar-refractivity contribution is 8.07. The first-order valence-corrected chi connectivity index (χ1v) is 2.50. The van der Waals surface area contributed by atoms with Gasteiger partial charge in [-0.15, -0.1) is 0 Å². The molecule has 0 N–H and O–H groups in total. The molecule has 0 aliphatic rings. The van der Waals surface area contributed by atoms with Crippen LogP contribution in [0.25, 0.3) is 0 Å². The van der Waals surface area contributed by atoms with E-state index in [0.717, 1.165) is 0 Å². The Hall–Kier alpha value is 0.0849. The molecule has 7 heavy (non-hydrogen) atoms. The van der Waals surface area contributed by atoms with E-state index in [4.69, 9.17) is 0 Å². The zero-order chi connectivity index (χ0) is 5.86. The Morgan fingerprint density at radius 1 is 1.57 bits per heavy atom. The number of halogens is 1. The fourth-order valence-corrected chi connectivity index (χ4v) is 0.267. The van der Waals surface area contributed by atoms with Gasteiger partial charge in [0.1, 0.15) is 0 Å². The molecule has 1 radical (unpaired) electrons. The van der Waals surface area contributed by atoms with E-state index >= 15 is 0 Å². The van der Waals surface area contributed by atoms with Crippen LogP contribution in [0, 0.1) is 0 Å². The zero-order valence-corrected chi connectivity index (χ0v) is 5.30. The lowest BCUT2D eigenvalue weighted by molar-refractivity contribution is 0.635. The first-order valence-electron chi connectivity index (χ1n) is 1.99. The number of thiol groups is 1. The van der Waals surface area contributed by atoms with Crippen LogP contribution in [0.2, 0.25) is 0 Å². The summed E-state index contributed by atoms with van der Waals surface area (Å²) in [7, 11) is 0. The smallest absolute Gasteiger partial charge is 0.222 e. The van der Waals surface area contributed by atoms with Gasteiger partial charge in [-0.05, 0) is 13.8 Å². The van der Waals surface area contributed by atoms with Crippen LogP contribution in [0.1, 0.15) is 13.8 Å². The maximum absolute atomic E-state index is 11.9. The van der Waals surface area contributed by atoms with Crippen LogP contribution in [0.15, 0.2) is 11.3 Å². The second-order valence-electron chi connectivity index (χ2n) is 1.35. The van der Waals surface area contributed by atoms with Crippen molar-refractivity contribution < 1.29 is 4.39 Å². The molecule has 0 saturated heterocycles. The molecule has 0 aromatic rings. The van der Waals surface area contributed by atoms with Crippen molar-refractivity contribution in [1.82, 2.24) is 0 Å². The van der Waals surface area contributed by atoms with Crippen LogP contribution in [0.5, 0.6) is 0 Å². The fraction of sp³-hybridized carbons (Fsp3) is 0.500. The molecule has 0 bridgehead atoms. The van der Waals surface area contributed by atoms with E-state index in [1.165, 1.54) is 13.5 Å². The largest absolute Gasteiger partial charge is 0.228 e. The lowest BCUT2D eigenvalue weighted by Crippen LogP contribution is -1.82. The maximum Gasteiger partial charge on any atom is 0.222 e. The van der Waals surface area contributed by atoms with Gasteiger partial charge >= 0.3 is 0 Å². The van der Waals surface area contributed by atoms with Crippen LogP contribution in [-0.2, 0) is 0 Å². The third-order valence-electron chi connectivity index (χ3n) is 0.737. The second-order valence-corrected chi connectivity index (χ2v) is 1.60. The van der Waals surface area contributed by atoms with E-state index in [1.54, 1.807) is 6.92 Å². The summed E-state index contributed by atoms with van der Waals surface area (Å²) >= 11 is 3.73. The van der Waals surface area contributed by atoms with E-state index < -0.39 is 0 Å². The summed E-state index contributed by atoms with van der Waals surface area (Å²) in [5, 5.41) is 0. The standard InChI is InChI=1S/C4H7BFS/c1-3(5-7)4(2)6/h7H,1-2H3/b4-3-. The quantitative estimate of drug-likeness (QED) is 0.392. The average Bonchev–Trinajstić information content (AvgIpc) is 1.65. The predicted molar refractivity (Wildman–Crippen MR) is 34.2 cm³/mol. The van der Waals surface area contributed by atoms with E-state index in [2.05, 4.69) is 12.5 Å². The van der Waals surface area contributed by atoms with Gasteiger partial charge in [-0.2, -0.15) is 0 Å². The van der Waals surface area contributed by atoms with Gasteiger partial charge in [-0.1, -0.05) is 5.47 Å². The number of rotatable bonds is 1. The van der Waals surface area contributed by atoms with E-state index in [1.807, 2.05) is 0 Å². The molecule has 0 heterocycles. The molecule has 0 amide bonds. The Labute approximate surface area is 49.4 Å². The van der Waals surface area contributed by atoms with Gasteiger partial charge in [0.2, 0.25) is 6.56 Å². The van der Waals surface area contributed by atoms with Gasteiger partial charge < -0.3 is 0 Å². The third kappa shape index (κ3) is 2.74. The average molecular weight is 117 g/mol. The highest BCUT2D eigenvalue weighted by Gasteiger charge is 1.90. The minimum Gasteiger partial charge on any atom is -0.228 e. The van der Waals surface area contributed by atoms with Gasteiger partial charge in [0.05, 0.1) is 5.83 Å². The van der Waals surface area contributed by atoms with Crippen molar-refractivity contribution in [2.75, 3.05) is 0 Å². The molecule has 0 fully saturated rings. The number of hydrogen-bond donors (Lipinski definition) is 1. The molecule has 0 unspecified atom stereocenters. The predicted octanol–water partition coefficient (Wildman–Crippen LogP) is 1.76. The van der Waals surface area contributed by atoms with Crippen molar-refractivity contribution in [3.63, 3.8) is 0 Å². The summed E-state index contributed by atoms with van der Waals surface area (Å²) in [6.07, 6.45) is 0. The molecule has 0 aromatic heterocycles. The molecule has 3 heteroatoms. The van der Waals surface area contributed by atoms with Crippen molar-refractivity contribution in [2.45, 2.75) is 13.8 Å². The van der Waals surface area contributed by atoms with Crippen LogP contribution in [-0.4, -0.2) is 6.56 Å². The highest BCUT2D eigenvalue weighted by Crippen LogP contribution is 2.02. The van der Waals surface area contributed by atoms with Crippen LogP contribution < -0.4 is 0 Å². The van der Waals surface area contributed by atoms with Crippen LogP contribution in [0.4, 0.5) is 4.39 Å². The van der Waals surface area contributed by atoms with Crippen molar-refractivity contribution in [3.8, 4) is 0 Å². The van der Waals surface area contributed by atoms with Crippen molar-refractivity contribution in [2.24, 2.45) is 0 Å². The lowest BCUT2D eigenvalue weighted by atomic mass is 9.95. The molecular weight excluding hydrogens is 110 g/mol. The van der Waals surface area contributed by atoms with E-state index in [-0.39, 0.29) is 5.83 Å². The summed E-state index contributed by atoms with van der Waals surface area (Å²) in [6, 6.07) is 0. The van der Waals surface area contributed by atoms with Gasteiger partial charge in [0.25, 0.3) is 0 Å². The lowest BCUT2D eigenvalue weighted by Gasteiger charge is -1.88. The highest BCUT2D eigenvalue weighted by atomic mass is 32.1. The van der Waals surface area contributed by atoms with Crippen molar-refractivity contribution in [1.29, 1.82) is 0 Å². The minimum absolute atomic E-state index is 0.171. The molecule has 0 nitrogen and oxygen atoms in total. The molecule has 0 rings (SSSR count). The fourth-order valence-electron chi connectivity index (χ4n) is 0.0889. The Morgan fingerprint density at radius 2 is 2.00 bits per heavy atom. The molecule has 0 saturated carbocycles. The van der Waals surface area contributed by atoms with E-state index in [0.29, 0.717) is 5.47 Å². The summed E-state index contributed by atoms with van der Waals surface area (Å²) < 4.78 is 11.9. The number of hydrogen-bond acceptors (Lipinski definition) is 1. The third-order valence-corrected chi connectivity index (χ3v) is 1.12. The monoisotopic (exact) mass is 117 g/mol. The number of allylic oxidation sites excluding steroid dienone is 2. The first kappa shape index (κ1) is 7.08. The molecule has 0 atom stereocenters. The Balaban J connectivity index is 3.72.